The predicted octanol–water partition coefficient (Wildman–Crippen LogP) is 3.77. The van der Waals surface area contributed by atoms with Crippen LogP contribution in [-0.4, -0.2) is 37.6 Å². The van der Waals surface area contributed by atoms with E-state index in [1.165, 1.54) is 12.1 Å². The number of benzene rings is 2. The number of amides is 1. The molecule has 1 unspecified atom stereocenters. The highest BCUT2D eigenvalue weighted by Crippen LogP contribution is 2.21. The molecular formula is C20H22FNO3. The molecule has 1 aliphatic rings. The molecule has 25 heavy (non-hydrogen) atoms. The fourth-order valence-corrected chi connectivity index (χ4v) is 3.05. The number of likely N-dealkylation sites (tertiary alicyclic amines) is 1. The van der Waals surface area contributed by atoms with Crippen LogP contribution in [0.1, 0.15) is 23.2 Å². The SMILES string of the molecule is COc1ccc(C(=O)N2CCCC(COc3ccc(F)cc3)C2)cc1. The summed E-state index contributed by atoms with van der Waals surface area (Å²) in [6.07, 6.45) is 1.98. The lowest BCUT2D eigenvalue weighted by Crippen LogP contribution is -2.41. The molecule has 5 heteroatoms. The second-order valence-electron chi connectivity index (χ2n) is 6.25. The Hall–Kier alpha value is -2.56. The van der Waals surface area contributed by atoms with Gasteiger partial charge in [-0.05, 0) is 61.4 Å². The lowest BCUT2D eigenvalue weighted by Gasteiger charge is -2.32. The molecule has 1 saturated heterocycles. The van der Waals surface area contributed by atoms with Crippen LogP contribution in [0.2, 0.25) is 0 Å². The zero-order valence-corrected chi connectivity index (χ0v) is 14.3. The van der Waals surface area contributed by atoms with Crippen LogP contribution in [0.25, 0.3) is 0 Å². The van der Waals surface area contributed by atoms with Crippen molar-refractivity contribution in [3.63, 3.8) is 0 Å². The number of carbonyl (C=O) groups excluding carboxylic acids is 1. The standard InChI is InChI=1S/C20H22FNO3/c1-24-18-8-4-16(5-9-18)20(23)22-12-2-3-15(13-22)14-25-19-10-6-17(21)7-11-19/h4-11,15H,2-3,12-14H2,1H3. The molecule has 1 atom stereocenters. The zero-order chi connectivity index (χ0) is 17.6. The smallest absolute Gasteiger partial charge is 0.253 e. The maximum Gasteiger partial charge on any atom is 0.253 e. The van der Waals surface area contributed by atoms with Crippen LogP contribution in [-0.2, 0) is 0 Å². The average molecular weight is 343 g/mol. The van der Waals surface area contributed by atoms with Crippen molar-refractivity contribution in [3.8, 4) is 11.5 Å². The summed E-state index contributed by atoms with van der Waals surface area (Å²) in [5.41, 5.74) is 0.668. The highest BCUT2D eigenvalue weighted by Gasteiger charge is 2.25. The number of halogens is 1. The number of ether oxygens (including phenoxy) is 2. The number of rotatable bonds is 5. The Morgan fingerprint density at radius 3 is 2.48 bits per heavy atom. The Labute approximate surface area is 147 Å². The van der Waals surface area contributed by atoms with Gasteiger partial charge in [-0.3, -0.25) is 4.79 Å². The van der Waals surface area contributed by atoms with Crippen LogP contribution in [0.15, 0.2) is 48.5 Å². The van der Waals surface area contributed by atoms with Gasteiger partial charge in [0.05, 0.1) is 13.7 Å². The van der Waals surface area contributed by atoms with E-state index >= 15 is 0 Å². The Morgan fingerprint density at radius 1 is 1.12 bits per heavy atom. The molecule has 0 bridgehead atoms. The first-order chi connectivity index (χ1) is 12.2. The number of piperidine rings is 1. The summed E-state index contributed by atoms with van der Waals surface area (Å²) in [6, 6.07) is 13.2. The van der Waals surface area contributed by atoms with Gasteiger partial charge in [-0.15, -0.1) is 0 Å². The van der Waals surface area contributed by atoms with Gasteiger partial charge in [0.1, 0.15) is 17.3 Å². The highest BCUT2D eigenvalue weighted by atomic mass is 19.1. The van der Waals surface area contributed by atoms with Gasteiger partial charge in [0.15, 0.2) is 0 Å². The van der Waals surface area contributed by atoms with Crippen LogP contribution in [0, 0.1) is 11.7 Å². The number of methoxy groups -OCH3 is 1. The molecule has 4 nitrogen and oxygen atoms in total. The van der Waals surface area contributed by atoms with Gasteiger partial charge in [-0.2, -0.15) is 0 Å². The fourth-order valence-electron chi connectivity index (χ4n) is 3.05. The van der Waals surface area contributed by atoms with Crippen molar-refractivity contribution in [3.05, 3.63) is 59.9 Å². The Kier molecular flexibility index (Phi) is 5.53. The minimum absolute atomic E-state index is 0.0362. The van der Waals surface area contributed by atoms with E-state index in [4.69, 9.17) is 9.47 Å². The van der Waals surface area contributed by atoms with Gasteiger partial charge in [0, 0.05) is 24.6 Å². The van der Waals surface area contributed by atoms with E-state index in [0.29, 0.717) is 24.5 Å². The van der Waals surface area contributed by atoms with Gasteiger partial charge < -0.3 is 14.4 Å². The first-order valence-electron chi connectivity index (χ1n) is 8.47. The third-order valence-corrected chi connectivity index (χ3v) is 4.44. The van der Waals surface area contributed by atoms with E-state index < -0.39 is 0 Å². The average Bonchev–Trinajstić information content (AvgIpc) is 2.67. The maximum absolute atomic E-state index is 12.9. The molecule has 3 rings (SSSR count). The molecule has 0 saturated carbocycles. The monoisotopic (exact) mass is 343 g/mol. The first-order valence-corrected chi connectivity index (χ1v) is 8.47. The van der Waals surface area contributed by atoms with E-state index in [1.54, 1.807) is 43.5 Å². The molecule has 132 valence electrons. The first kappa shape index (κ1) is 17.3. The molecule has 0 radical (unpaired) electrons. The summed E-state index contributed by atoms with van der Waals surface area (Å²) >= 11 is 0. The molecule has 0 aliphatic carbocycles. The van der Waals surface area contributed by atoms with Crippen LogP contribution >= 0.6 is 0 Å². The molecule has 1 amide bonds. The quantitative estimate of drug-likeness (QED) is 0.830. The van der Waals surface area contributed by atoms with Crippen LogP contribution in [0.3, 0.4) is 0 Å². The number of carbonyl (C=O) groups is 1. The van der Waals surface area contributed by atoms with Crippen molar-refractivity contribution in [1.82, 2.24) is 4.90 Å². The Bertz CT molecular complexity index is 700. The molecule has 0 aromatic heterocycles. The van der Waals surface area contributed by atoms with Gasteiger partial charge in [0.2, 0.25) is 0 Å². The summed E-state index contributed by atoms with van der Waals surface area (Å²) in [4.78, 5) is 14.5. The second-order valence-corrected chi connectivity index (χ2v) is 6.25. The summed E-state index contributed by atoms with van der Waals surface area (Å²) in [5, 5.41) is 0. The third kappa shape index (κ3) is 4.50. The number of hydrogen-bond donors (Lipinski definition) is 0. The van der Waals surface area contributed by atoms with E-state index in [1.807, 2.05) is 4.90 Å². The molecule has 2 aromatic rings. The lowest BCUT2D eigenvalue weighted by molar-refractivity contribution is 0.0633. The zero-order valence-electron chi connectivity index (χ0n) is 14.3. The second kappa shape index (κ2) is 8.01. The van der Waals surface area contributed by atoms with E-state index in [9.17, 15) is 9.18 Å². The third-order valence-electron chi connectivity index (χ3n) is 4.44. The number of nitrogens with zero attached hydrogens (tertiary/aromatic N) is 1. The van der Waals surface area contributed by atoms with Crippen molar-refractivity contribution in [2.24, 2.45) is 5.92 Å². The largest absolute Gasteiger partial charge is 0.497 e. The van der Waals surface area contributed by atoms with Crippen molar-refractivity contribution in [2.45, 2.75) is 12.8 Å². The predicted molar refractivity (Wildman–Crippen MR) is 93.5 cm³/mol. The van der Waals surface area contributed by atoms with Crippen molar-refractivity contribution in [2.75, 3.05) is 26.8 Å². The summed E-state index contributed by atoms with van der Waals surface area (Å²) < 4.78 is 23.8. The maximum atomic E-state index is 12.9. The Balaban J connectivity index is 1.56. The van der Waals surface area contributed by atoms with Gasteiger partial charge in [-0.1, -0.05) is 0 Å². The van der Waals surface area contributed by atoms with E-state index in [2.05, 4.69) is 0 Å². The minimum atomic E-state index is -0.277. The molecule has 1 fully saturated rings. The topological polar surface area (TPSA) is 38.8 Å². The van der Waals surface area contributed by atoms with Crippen molar-refractivity contribution in [1.29, 1.82) is 0 Å². The van der Waals surface area contributed by atoms with Crippen molar-refractivity contribution >= 4 is 5.91 Å². The highest BCUT2D eigenvalue weighted by molar-refractivity contribution is 5.94. The van der Waals surface area contributed by atoms with Crippen LogP contribution in [0.4, 0.5) is 4.39 Å². The van der Waals surface area contributed by atoms with Gasteiger partial charge >= 0.3 is 0 Å². The van der Waals surface area contributed by atoms with E-state index in [0.717, 1.165) is 25.1 Å². The number of hydrogen-bond acceptors (Lipinski definition) is 3. The molecule has 0 N–H and O–H groups in total. The molecule has 0 spiro atoms. The van der Waals surface area contributed by atoms with Gasteiger partial charge in [0.25, 0.3) is 5.91 Å². The van der Waals surface area contributed by atoms with Gasteiger partial charge in [-0.25, -0.2) is 4.39 Å². The van der Waals surface area contributed by atoms with Crippen LogP contribution in [0.5, 0.6) is 11.5 Å². The van der Waals surface area contributed by atoms with E-state index in [-0.39, 0.29) is 17.6 Å². The van der Waals surface area contributed by atoms with Crippen LogP contribution < -0.4 is 9.47 Å². The summed E-state index contributed by atoms with van der Waals surface area (Å²) in [6.45, 7) is 1.96. The normalized spacial score (nSPS) is 17.2. The molecule has 1 heterocycles. The summed E-state index contributed by atoms with van der Waals surface area (Å²) in [7, 11) is 1.60. The fraction of sp³-hybridized carbons (Fsp3) is 0.350. The molecule has 1 aliphatic heterocycles. The molecular weight excluding hydrogens is 321 g/mol. The summed E-state index contributed by atoms with van der Waals surface area (Å²) in [5.74, 6) is 1.43. The lowest BCUT2D eigenvalue weighted by atomic mass is 9.98. The minimum Gasteiger partial charge on any atom is -0.497 e. The van der Waals surface area contributed by atoms with Crippen molar-refractivity contribution < 1.29 is 18.7 Å². The molecule has 2 aromatic carbocycles. The Morgan fingerprint density at radius 2 is 1.80 bits per heavy atom.